The third-order valence-corrected chi connectivity index (χ3v) is 3.13. The monoisotopic (exact) mass is 249 g/mol. The van der Waals surface area contributed by atoms with Crippen molar-refractivity contribution >= 4 is 5.91 Å². The van der Waals surface area contributed by atoms with Crippen LogP contribution in [0.15, 0.2) is 24.3 Å². The lowest BCUT2D eigenvalue weighted by Gasteiger charge is -2.16. The normalized spacial score (nSPS) is 19.8. The van der Waals surface area contributed by atoms with Gasteiger partial charge < -0.3 is 9.64 Å². The molecule has 0 aromatic heterocycles. The molecule has 1 heterocycles. The third-order valence-electron chi connectivity index (χ3n) is 3.13. The maximum absolute atomic E-state index is 11.3. The zero-order valence-corrected chi connectivity index (χ0v) is 10.6. The Morgan fingerprint density at radius 3 is 3.00 bits per heavy atom. The molecule has 0 saturated carbocycles. The van der Waals surface area contributed by atoms with Crippen LogP contribution in [0.4, 0.5) is 0 Å². The molecule has 1 aromatic carbocycles. The molecule has 1 fully saturated rings. The first-order valence-corrected chi connectivity index (χ1v) is 6.11. The van der Waals surface area contributed by atoms with Gasteiger partial charge in [0.2, 0.25) is 5.91 Å². The van der Waals surface area contributed by atoms with Crippen molar-refractivity contribution in [3.05, 3.63) is 29.8 Å². The van der Waals surface area contributed by atoms with Gasteiger partial charge in [0.1, 0.15) is 11.9 Å². The number of nitrogens with two attached hydrogens (primary N) is 1. The summed E-state index contributed by atoms with van der Waals surface area (Å²) in [7, 11) is 2.08. The van der Waals surface area contributed by atoms with Gasteiger partial charge in [-0.3, -0.25) is 10.2 Å². The van der Waals surface area contributed by atoms with Crippen molar-refractivity contribution in [1.82, 2.24) is 10.3 Å². The summed E-state index contributed by atoms with van der Waals surface area (Å²) >= 11 is 0. The van der Waals surface area contributed by atoms with Gasteiger partial charge in [-0.15, -0.1) is 0 Å². The van der Waals surface area contributed by atoms with Crippen LogP contribution >= 0.6 is 0 Å². The zero-order valence-electron chi connectivity index (χ0n) is 10.6. The number of rotatable bonds is 4. The Morgan fingerprint density at radius 1 is 1.56 bits per heavy atom. The lowest BCUT2D eigenvalue weighted by molar-refractivity contribution is -0.120. The van der Waals surface area contributed by atoms with E-state index in [0.717, 1.165) is 30.8 Å². The summed E-state index contributed by atoms with van der Waals surface area (Å²) in [5.74, 6) is 5.67. The molecule has 0 spiro atoms. The largest absolute Gasteiger partial charge is 0.489 e. The van der Waals surface area contributed by atoms with Gasteiger partial charge in [0.05, 0.1) is 6.42 Å². The number of likely N-dealkylation sites (N-methyl/N-ethyl adjacent to an activating group) is 1. The predicted octanol–water partition coefficient (Wildman–Crippen LogP) is 0.302. The van der Waals surface area contributed by atoms with Gasteiger partial charge in [0.25, 0.3) is 0 Å². The van der Waals surface area contributed by atoms with Crippen LogP contribution in [-0.2, 0) is 11.2 Å². The van der Waals surface area contributed by atoms with Crippen LogP contribution in [0.5, 0.6) is 5.75 Å². The first-order chi connectivity index (χ1) is 8.69. The van der Waals surface area contributed by atoms with Crippen molar-refractivity contribution in [3.8, 4) is 5.75 Å². The number of likely N-dealkylation sites (tertiary alicyclic amines) is 1. The van der Waals surface area contributed by atoms with E-state index in [2.05, 4.69) is 17.4 Å². The van der Waals surface area contributed by atoms with Crippen molar-refractivity contribution in [3.63, 3.8) is 0 Å². The first kappa shape index (κ1) is 12.9. The summed E-state index contributed by atoms with van der Waals surface area (Å²) in [5.41, 5.74) is 3.01. The fraction of sp³-hybridized carbons (Fsp3) is 0.462. The molecule has 1 aliphatic rings. The highest BCUT2D eigenvalue weighted by Gasteiger charge is 2.21. The molecule has 5 heteroatoms. The van der Waals surface area contributed by atoms with Gasteiger partial charge in [0, 0.05) is 18.7 Å². The van der Waals surface area contributed by atoms with Gasteiger partial charge in [-0.1, -0.05) is 18.2 Å². The summed E-state index contributed by atoms with van der Waals surface area (Å²) in [6.45, 7) is 1.98. The molecule has 5 nitrogen and oxygen atoms in total. The highest BCUT2D eigenvalue weighted by atomic mass is 16.5. The van der Waals surface area contributed by atoms with Gasteiger partial charge in [0.15, 0.2) is 0 Å². The standard InChI is InChI=1S/C13H19N3O2/c1-16-7-6-11(9-16)18-12-5-3-2-4-10(12)8-13(17)15-14/h2-5,11H,6-9,14H2,1H3,(H,15,17). The van der Waals surface area contributed by atoms with E-state index >= 15 is 0 Å². The molecule has 1 saturated heterocycles. The Bertz CT molecular complexity index is 422. The molecular weight excluding hydrogens is 230 g/mol. The Kier molecular flexibility index (Phi) is 4.17. The van der Waals surface area contributed by atoms with Crippen molar-refractivity contribution in [2.45, 2.75) is 18.9 Å². The molecule has 0 aliphatic carbocycles. The fourth-order valence-electron chi connectivity index (χ4n) is 2.16. The lowest BCUT2D eigenvalue weighted by Crippen LogP contribution is -2.31. The summed E-state index contributed by atoms with van der Waals surface area (Å²) in [6, 6.07) is 7.60. The molecule has 1 aromatic rings. The Morgan fingerprint density at radius 2 is 2.33 bits per heavy atom. The topological polar surface area (TPSA) is 67.6 Å². The third kappa shape index (κ3) is 3.21. The molecule has 1 aliphatic heterocycles. The number of ether oxygens (including phenoxy) is 1. The number of benzene rings is 1. The van der Waals surface area contributed by atoms with Gasteiger partial charge in [-0.25, -0.2) is 5.84 Å². The van der Waals surface area contributed by atoms with Crippen molar-refractivity contribution < 1.29 is 9.53 Å². The second-order valence-electron chi connectivity index (χ2n) is 4.64. The first-order valence-electron chi connectivity index (χ1n) is 6.11. The highest BCUT2D eigenvalue weighted by Crippen LogP contribution is 2.22. The number of nitrogens with one attached hydrogen (secondary N) is 1. The van der Waals surface area contributed by atoms with Gasteiger partial charge in [-0.05, 0) is 19.5 Å². The van der Waals surface area contributed by atoms with Crippen LogP contribution in [0.2, 0.25) is 0 Å². The average Bonchev–Trinajstić information content (AvgIpc) is 2.77. The number of para-hydroxylation sites is 1. The van der Waals surface area contributed by atoms with Crippen molar-refractivity contribution in [2.75, 3.05) is 20.1 Å². The van der Waals surface area contributed by atoms with E-state index in [1.165, 1.54) is 0 Å². The minimum Gasteiger partial charge on any atom is -0.489 e. The van der Waals surface area contributed by atoms with Crippen LogP contribution in [0.25, 0.3) is 0 Å². The molecule has 3 N–H and O–H groups in total. The van der Waals surface area contributed by atoms with E-state index in [-0.39, 0.29) is 18.4 Å². The Labute approximate surface area is 107 Å². The van der Waals surface area contributed by atoms with E-state index in [1.807, 2.05) is 24.3 Å². The molecule has 18 heavy (non-hydrogen) atoms. The second-order valence-corrected chi connectivity index (χ2v) is 4.64. The predicted molar refractivity (Wildman–Crippen MR) is 69.0 cm³/mol. The molecule has 98 valence electrons. The molecule has 0 radical (unpaired) electrons. The number of carbonyl (C=O) groups excluding carboxylic acids is 1. The minimum atomic E-state index is -0.213. The van der Waals surface area contributed by atoms with Crippen LogP contribution in [0, 0.1) is 0 Å². The van der Waals surface area contributed by atoms with E-state index in [1.54, 1.807) is 0 Å². The number of amides is 1. The second kappa shape index (κ2) is 5.84. The van der Waals surface area contributed by atoms with Crippen molar-refractivity contribution in [2.24, 2.45) is 5.84 Å². The number of hydrogen-bond acceptors (Lipinski definition) is 4. The molecule has 2 rings (SSSR count). The number of hydrogen-bond donors (Lipinski definition) is 2. The van der Waals surface area contributed by atoms with Gasteiger partial charge >= 0.3 is 0 Å². The van der Waals surface area contributed by atoms with E-state index in [4.69, 9.17) is 10.6 Å². The maximum atomic E-state index is 11.3. The fourth-order valence-corrected chi connectivity index (χ4v) is 2.16. The van der Waals surface area contributed by atoms with Gasteiger partial charge in [-0.2, -0.15) is 0 Å². The molecular formula is C13H19N3O2. The quantitative estimate of drug-likeness (QED) is 0.457. The van der Waals surface area contributed by atoms with Crippen LogP contribution in [0.1, 0.15) is 12.0 Å². The minimum absolute atomic E-state index is 0.206. The SMILES string of the molecule is CN1CCC(Oc2ccccc2CC(=O)NN)C1. The number of carbonyl (C=O) groups is 1. The maximum Gasteiger partial charge on any atom is 0.238 e. The van der Waals surface area contributed by atoms with E-state index < -0.39 is 0 Å². The Hall–Kier alpha value is -1.59. The molecule has 1 amide bonds. The van der Waals surface area contributed by atoms with E-state index in [9.17, 15) is 4.79 Å². The Balaban J connectivity index is 2.05. The average molecular weight is 249 g/mol. The molecule has 1 atom stereocenters. The molecule has 0 bridgehead atoms. The zero-order chi connectivity index (χ0) is 13.0. The smallest absolute Gasteiger partial charge is 0.238 e. The van der Waals surface area contributed by atoms with Crippen LogP contribution in [0.3, 0.4) is 0 Å². The van der Waals surface area contributed by atoms with E-state index in [0.29, 0.717) is 0 Å². The summed E-state index contributed by atoms with van der Waals surface area (Å²) < 4.78 is 5.96. The number of hydrazine groups is 1. The summed E-state index contributed by atoms with van der Waals surface area (Å²) in [6.07, 6.45) is 1.47. The van der Waals surface area contributed by atoms with Crippen LogP contribution in [-0.4, -0.2) is 37.0 Å². The lowest BCUT2D eigenvalue weighted by atomic mass is 10.1. The van der Waals surface area contributed by atoms with Crippen molar-refractivity contribution in [1.29, 1.82) is 0 Å². The summed E-state index contributed by atoms with van der Waals surface area (Å²) in [4.78, 5) is 13.6. The summed E-state index contributed by atoms with van der Waals surface area (Å²) in [5, 5.41) is 0. The highest BCUT2D eigenvalue weighted by molar-refractivity contribution is 5.78. The van der Waals surface area contributed by atoms with Crippen LogP contribution < -0.4 is 16.0 Å². The molecule has 1 unspecified atom stereocenters. The number of nitrogens with zero attached hydrogens (tertiary/aromatic N) is 1.